The Morgan fingerprint density at radius 2 is 1.78 bits per heavy atom. The molecule has 1 saturated carbocycles. The van der Waals surface area contributed by atoms with Gasteiger partial charge in [0.15, 0.2) is 0 Å². The molecule has 0 atom stereocenters. The van der Waals surface area contributed by atoms with Gasteiger partial charge in [-0.25, -0.2) is 4.39 Å². The lowest BCUT2D eigenvalue weighted by Crippen LogP contribution is -2.16. The highest BCUT2D eigenvalue weighted by molar-refractivity contribution is 6.09. The molecule has 114 valence electrons. The first kappa shape index (κ1) is 13.9. The molecule has 1 aliphatic carbocycles. The third kappa shape index (κ3) is 2.36. The van der Waals surface area contributed by atoms with Crippen LogP contribution >= 0.6 is 0 Å². The highest BCUT2D eigenvalue weighted by Gasteiger charge is 2.32. The molecule has 1 amide bonds. The van der Waals surface area contributed by atoms with Crippen LogP contribution < -0.4 is 5.73 Å². The molecule has 0 unspecified atom stereocenters. The van der Waals surface area contributed by atoms with Gasteiger partial charge in [-0.15, -0.1) is 0 Å². The molecule has 1 aliphatic rings. The number of benzene rings is 2. The van der Waals surface area contributed by atoms with Gasteiger partial charge in [0.05, 0.1) is 16.8 Å². The summed E-state index contributed by atoms with van der Waals surface area (Å²) in [5, 5.41) is 0.859. The van der Waals surface area contributed by atoms with Gasteiger partial charge in [0.1, 0.15) is 5.82 Å². The van der Waals surface area contributed by atoms with Gasteiger partial charge in [-0.1, -0.05) is 30.3 Å². The van der Waals surface area contributed by atoms with Crippen LogP contribution in [0.15, 0.2) is 48.5 Å². The Bertz CT molecular complexity index is 915. The number of nitrogens with zero attached hydrogens (tertiary/aromatic N) is 1. The van der Waals surface area contributed by atoms with Gasteiger partial charge >= 0.3 is 0 Å². The first-order valence-electron chi connectivity index (χ1n) is 7.63. The Kier molecular flexibility index (Phi) is 3.11. The van der Waals surface area contributed by atoms with Crippen molar-refractivity contribution in [2.24, 2.45) is 5.73 Å². The lowest BCUT2D eigenvalue weighted by Gasteiger charge is -2.15. The molecule has 2 N–H and O–H groups in total. The normalized spacial score (nSPS) is 14.1. The topological polar surface area (TPSA) is 56.0 Å². The van der Waals surface area contributed by atoms with Crippen molar-refractivity contribution >= 4 is 16.8 Å². The quantitative estimate of drug-likeness (QED) is 0.794. The van der Waals surface area contributed by atoms with Gasteiger partial charge in [-0.05, 0) is 36.6 Å². The van der Waals surface area contributed by atoms with Crippen LogP contribution in [0, 0.1) is 5.82 Å². The summed E-state index contributed by atoms with van der Waals surface area (Å²) in [5.74, 6) is -0.499. The number of carbonyl (C=O) groups is 1. The van der Waals surface area contributed by atoms with Crippen molar-refractivity contribution in [3.63, 3.8) is 0 Å². The van der Waals surface area contributed by atoms with E-state index >= 15 is 0 Å². The van der Waals surface area contributed by atoms with Crippen LogP contribution in [0.25, 0.3) is 22.0 Å². The summed E-state index contributed by atoms with van der Waals surface area (Å²) >= 11 is 0. The van der Waals surface area contributed by atoms with E-state index in [1.54, 1.807) is 12.1 Å². The minimum Gasteiger partial charge on any atom is -0.366 e. The molecule has 1 heterocycles. The minimum absolute atomic E-state index is 0.293. The fraction of sp³-hybridized carbons (Fsp3) is 0.158. The summed E-state index contributed by atoms with van der Waals surface area (Å²) in [6, 6.07) is 13.8. The number of aromatic nitrogens is 1. The molecule has 0 aliphatic heterocycles. The summed E-state index contributed by atoms with van der Waals surface area (Å²) in [7, 11) is 0. The van der Waals surface area contributed by atoms with E-state index in [1.165, 1.54) is 12.1 Å². The van der Waals surface area contributed by atoms with Crippen LogP contribution in [0.2, 0.25) is 0 Å². The van der Waals surface area contributed by atoms with E-state index < -0.39 is 5.91 Å². The summed E-state index contributed by atoms with van der Waals surface area (Å²) in [6.45, 7) is 0. The Labute approximate surface area is 133 Å². The molecular formula is C19H15FN2O. The van der Waals surface area contributed by atoms with Gasteiger partial charge in [0, 0.05) is 16.9 Å². The molecule has 1 aromatic heterocycles. The second kappa shape index (κ2) is 5.16. The number of rotatable bonds is 3. The van der Waals surface area contributed by atoms with Crippen molar-refractivity contribution in [1.29, 1.82) is 0 Å². The van der Waals surface area contributed by atoms with Crippen LogP contribution in [-0.2, 0) is 0 Å². The molecule has 0 spiro atoms. The van der Waals surface area contributed by atoms with Crippen LogP contribution in [0.4, 0.5) is 4.39 Å². The van der Waals surface area contributed by atoms with E-state index in [0.29, 0.717) is 11.5 Å². The highest BCUT2D eigenvalue weighted by atomic mass is 19.1. The van der Waals surface area contributed by atoms with E-state index in [1.807, 2.05) is 24.3 Å². The number of halogens is 1. The number of nitrogens with two attached hydrogens (primary N) is 1. The predicted molar refractivity (Wildman–Crippen MR) is 87.6 cm³/mol. The number of hydrogen-bond acceptors (Lipinski definition) is 2. The number of carbonyl (C=O) groups excluding carboxylic acids is 1. The first-order chi connectivity index (χ1) is 11.1. The molecule has 0 radical (unpaired) electrons. The largest absolute Gasteiger partial charge is 0.366 e. The fourth-order valence-corrected chi connectivity index (χ4v) is 3.05. The number of pyridine rings is 1. The highest BCUT2D eigenvalue weighted by Crippen LogP contribution is 2.44. The molecular weight excluding hydrogens is 291 g/mol. The third-order valence-electron chi connectivity index (χ3n) is 4.26. The molecule has 4 rings (SSSR count). The minimum atomic E-state index is -0.482. The maximum atomic E-state index is 13.3. The predicted octanol–water partition coefficient (Wildman–Crippen LogP) is 4.02. The Hall–Kier alpha value is -2.75. The fourth-order valence-electron chi connectivity index (χ4n) is 3.05. The molecule has 0 saturated heterocycles. The molecule has 3 aromatic rings. The second-order valence-corrected chi connectivity index (χ2v) is 5.91. The maximum Gasteiger partial charge on any atom is 0.251 e. The van der Waals surface area contributed by atoms with Gasteiger partial charge < -0.3 is 5.73 Å². The van der Waals surface area contributed by atoms with Gasteiger partial charge in [-0.3, -0.25) is 9.78 Å². The van der Waals surface area contributed by atoms with Crippen molar-refractivity contribution in [2.75, 3.05) is 0 Å². The van der Waals surface area contributed by atoms with Crippen molar-refractivity contribution in [2.45, 2.75) is 18.8 Å². The van der Waals surface area contributed by atoms with E-state index in [0.717, 1.165) is 40.6 Å². The Balaban J connectivity index is 2.11. The monoisotopic (exact) mass is 306 g/mol. The molecule has 3 nitrogen and oxygen atoms in total. The zero-order valence-electron chi connectivity index (χ0n) is 12.4. The zero-order chi connectivity index (χ0) is 16.0. The van der Waals surface area contributed by atoms with Crippen LogP contribution in [0.5, 0.6) is 0 Å². The van der Waals surface area contributed by atoms with Crippen LogP contribution in [-0.4, -0.2) is 10.9 Å². The molecule has 0 bridgehead atoms. The molecule has 1 fully saturated rings. The number of para-hydroxylation sites is 1. The van der Waals surface area contributed by atoms with E-state index in [-0.39, 0.29) is 5.82 Å². The van der Waals surface area contributed by atoms with Crippen molar-refractivity contribution in [3.8, 4) is 11.1 Å². The molecule has 4 heteroatoms. The average molecular weight is 306 g/mol. The molecule has 2 aromatic carbocycles. The number of fused-ring (bicyclic) bond motifs is 1. The summed E-state index contributed by atoms with van der Waals surface area (Å²) < 4.78 is 13.3. The van der Waals surface area contributed by atoms with Gasteiger partial charge in [-0.2, -0.15) is 0 Å². The lowest BCUT2D eigenvalue weighted by molar-refractivity contribution is 0.0999. The van der Waals surface area contributed by atoms with Crippen molar-refractivity contribution < 1.29 is 9.18 Å². The average Bonchev–Trinajstić information content (AvgIpc) is 3.38. The number of hydrogen-bond donors (Lipinski definition) is 1. The van der Waals surface area contributed by atoms with Crippen molar-refractivity contribution in [3.05, 3.63) is 65.6 Å². The second-order valence-electron chi connectivity index (χ2n) is 5.91. The molecule has 23 heavy (non-hydrogen) atoms. The van der Waals surface area contributed by atoms with Gasteiger partial charge in [0.25, 0.3) is 5.91 Å². The van der Waals surface area contributed by atoms with Gasteiger partial charge in [0.2, 0.25) is 0 Å². The summed E-state index contributed by atoms with van der Waals surface area (Å²) in [6.07, 6.45) is 2.04. The maximum absolute atomic E-state index is 13.3. The van der Waals surface area contributed by atoms with E-state index in [2.05, 4.69) is 4.98 Å². The van der Waals surface area contributed by atoms with Crippen LogP contribution in [0.3, 0.4) is 0 Å². The van der Waals surface area contributed by atoms with E-state index in [9.17, 15) is 9.18 Å². The summed E-state index contributed by atoms with van der Waals surface area (Å²) in [4.78, 5) is 16.9. The lowest BCUT2D eigenvalue weighted by atomic mass is 9.92. The third-order valence-corrected chi connectivity index (χ3v) is 4.26. The van der Waals surface area contributed by atoms with E-state index in [4.69, 9.17) is 5.73 Å². The zero-order valence-corrected chi connectivity index (χ0v) is 12.4. The number of primary amides is 1. The SMILES string of the molecule is NC(=O)c1c(C2CC2)nc2ccccc2c1-c1ccc(F)cc1. The first-order valence-corrected chi connectivity index (χ1v) is 7.63. The van der Waals surface area contributed by atoms with Crippen LogP contribution in [0.1, 0.15) is 34.8 Å². The standard InChI is InChI=1S/C19H15FN2O/c20-13-9-7-11(8-10-13)16-14-3-1-2-4-15(14)22-18(12-5-6-12)17(16)19(21)23/h1-4,7-10,12H,5-6H2,(H2,21,23). The summed E-state index contributed by atoms with van der Waals surface area (Å²) in [5.41, 5.74) is 9.30. The smallest absolute Gasteiger partial charge is 0.251 e. The Morgan fingerprint density at radius 1 is 1.09 bits per heavy atom. The van der Waals surface area contributed by atoms with Crippen molar-refractivity contribution in [1.82, 2.24) is 4.98 Å². The Morgan fingerprint density at radius 3 is 2.43 bits per heavy atom. The number of amides is 1.